The summed E-state index contributed by atoms with van der Waals surface area (Å²) in [6.45, 7) is 8.35. The van der Waals surface area contributed by atoms with Crippen LogP contribution in [0, 0.1) is 13.8 Å². The van der Waals surface area contributed by atoms with Crippen LogP contribution in [0.15, 0.2) is 12.1 Å². The molecule has 0 saturated heterocycles. The van der Waals surface area contributed by atoms with Crippen molar-refractivity contribution in [2.45, 2.75) is 46.5 Å². The second kappa shape index (κ2) is 7.17. The lowest BCUT2D eigenvalue weighted by molar-refractivity contribution is -0.145. The summed E-state index contributed by atoms with van der Waals surface area (Å²) in [4.78, 5) is 12.1. The maximum atomic E-state index is 12.1. The standard InChI is InChI=1S/C16H24O3/c1-6-8-13(16(17)19-7-2)14-9-12(4)15(18-5)10-11(14)3/h9-10,13H,6-8H2,1-5H3. The van der Waals surface area contributed by atoms with Crippen molar-refractivity contribution in [1.82, 2.24) is 0 Å². The minimum atomic E-state index is -0.172. The third-order valence-electron chi connectivity index (χ3n) is 3.31. The van der Waals surface area contributed by atoms with Gasteiger partial charge in [-0.1, -0.05) is 19.4 Å². The Bertz CT molecular complexity index is 438. The molecule has 0 N–H and O–H groups in total. The van der Waals surface area contributed by atoms with Crippen molar-refractivity contribution in [2.75, 3.05) is 13.7 Å². The van der Waals surface area contributed by atoms with Crippen molar-refractivity contribution >= 4 is 5.97 Å². The van der Waals surface area contributed by atoms with Gasteiger partial charge in [0.25, 0.3) is 0 Å². The Labute approximate surface area is 115 Å². The zero-order valence-electron chi connectivity index (χ0n) is 12.6. The van der Waals surface area contributed by atoms with E-state index in [0.29, 0.717) is 6.61 Å². The Morgan fingerprint density at radius 1 is 1.21 bits per heavy atom. The Morgan fingerprint density at radius 2 is 1.89 bits per heavy atom. The van der Waals surface area contributed by atoms with Crippen LogP contribution in [-0.2, 0) is 9.53 Å². The van der Waals surface area contributed by atoms with E-state index in [-0.39, 0.29) is 11.9 Å². The number of hydrogen-bond acceptors (Lipinski definition) is 3. The molecule has 0 aliphatic rings. The molecule has 0 aliphatic carbocycles. The first-order valence-corrected chi connectivity index (χ1v) is 6.86. The van der Waals surface area contributed by atoms with E-state index in [4.69, 9.17) is 9.47 Å². The molecule has 3 nitrogen and oxygen atoms in total. The SMILES string of the molecule is CCCC(C(=O)OCC)c1cc(C)c(OC)cc1C. The van der Waals surface area contributed by atoms with Crippen molar-refractivity contribution in [3.8, 4) is 5.75 Å². The lowest BCUT2D eigenvalue weighted by atomic mass is 9.89. The molecule has 1 unspecified atom stereocenters. The molecule has 0 radical (unpaired) electrons. The van der Waals surface area contributed by atoms with Gasteiger partial charge in [0.1, 0.15) is 5.75 Å². The predicted octanol–water partition coefficient (Wildman–Crippen LogP) is 3.76. The second-order valence-corrected chi connectivity index (χ2v) is 4.77. The van der Waals surface area contributed by atoms with Crippen molar-refractivity contribution < 1.29 is 14.3 Å². The quantitative estimate of drug-likeness (QED) is 0.734. The average Bonchev–Trinajstić information content (AvgIpc) is 2.38. The number of aryl methyl sites for hydroxylation is 2. The molecule has 19 heavy (non-hydrogen) atoms. The fourth-order valence-corrected chi connectivity index (χ4v) is 2.34. The molecular weight excluding hydrogens is 240 g/mol. The maximum Gasteiger partial charge on any atom is 0.313 e. The van der Waals surface area contributed by atoms with Gasteiger partial charge in [-0.2, -0.15) is 0 Å². The molecule has 0 aromatic heterocycles. The van der Waals surface area contributed by atoms with Crippen LogP contribution < -0.4 is 4.74 Å². The smallest absolute Gasteiger partial charge is 0.313 e. The fourth-order valence-electron chi connectivity index (χ4n) is 2.34. The number of ether oxygens (including phenoxy) is 2. The zero-order valence-corrected chi connectivity index (χ0v) is 12.6. The molecule has 1 rings (SSSR count). The molecule has 3 heteroatoms. The van der Waals surface area contributed by atoms with Crippen molar-refractivity contribution in [2.24, 2.45) is 0 Å². The summed E-state index contributed by atoms with van der Waals surface area (Å²) in [5, 5.41) is 0. The molecule has 1 atom stereocenters. The van der Waals surface area contributed by atoms with Crippen LogP contribution in [0.3, 0.4) is 0 Å². The monoisotopic (exact) mass is 264 g/mol. The number of benzene rings is 1. The van der Waals surface area contributed by atoms with Gasteiger partial charge in [0.15, 0.2) is 0 Å². The molecule has 0 fully saturated rings. The van der Waals surface area contributed by atoms with Gasteiger partial charge in [0.05, 0.1) is 19.6 Å². The molecule has 1 aromatic rings. The number of carbonyl (C=O) groups is 1. The van der Waals surface area contributed by atoms with E-state index in [1.165, 1.54) is 0 Å². The minimum absolute atomic E-state index is 0.128. The molecule has 0 saturated carbocycles. The highest BCUT2D eigenvalue weighted by Crippen LogP contribution is 2.31. The van der Waals surface area contributed by atoms with Crippen LogP contribution in [0.5, 0.6) is 5.75 Å². The maximum absolute atomic E-state index is 12.1. The third-order valence-corrected chi connectivity index (χ3v) is 3.31. The first-order valence-electron chi connectivity index (χ1n) is 6.86. The minimum Gasteiger partial charge on any atom is -0.496 e. The van der Waals surface area contributed by atoms with Gasteiger partial charge in [-0.15, -0.1) is 0 Å². The topological polar surface area (TPSA) is 35.5 Å². The van der Waals surface area contributed by atoms with Gasteiger partial charge < -0.3 is 9.47 Å². The fraction of sp³-hybridized carbons (Fsp3) is 0.562. The summed E-state index contributed by atoms with van der Waals surface area (Å²) in [5.41, 5.74) is 3.18. The van der Waals surface area contributed by atoms with E-state index in [1.807, 2.05) is 32.9 Å². The van der Waals surface area contributed by atoms with Crippen molar-refractivity contribution in [3.63, 3.8) is 0 Å². The van der Waals surface area contributed by atoms with Gasteiger partial charge >= 0.3 is 5.97 Å². The number of esters is 1. The van der Waals surface area contributed by atoms with E-state index >= 15 is 0 Å². The Hall–Kier alpha value is -1.51. The molecule has 0 bridgehead atoms. The van der Waals surface area contributed by atoms with Crippen LogP contribution in [-0.4, -0.2) is 19.7 Å². The van der Waals surface area contributed by atoms with Gasteiger partial charge in [-0.3, -0.25) is 4.79 Å². The Kier molecular flexibility index (Phi) is 5.87. The lowest BCUT2D eigenvalue weighted by Crippen LogP contribution is -2.17. The number of rotatable bonds is 6. The normalized spacial score (nSPS) is 12.1. The molecule has 1 aromatic carbocycles. The average molecular weight is 264 g/mol. The van der Waals surface area contributed by atoms with Gasteiger partial charge in [-0.25, -0.2) is 0 Å². The molecule has 0 heterocycles. The summed E-state index contributed by atoms with van der Waals surface area (Å²) in [7, 11) is 1.66. The van der Waals surface area contributed by atoms with Gasteiger partial charge in [-0.05, 0) is 49.9 Å². The van der Waals surface area contributed by atoms with Crippen LogP contribution in [0.4, 0.5) is 0 Å². The Balaban J connectivity index is 3.15. The van der Waals surface area contributed by atoms with E-state index in [9.17, 15) is 4.79 Å². The number of hydrogen-bond donors (Lipinski definition) is 0. The molecular formula is C16H24O3. The lowest BCUT2D eigenvalue weighted by Gasteiger charge is -2.19. The van der Waals surface area contributed by atoms with Crippen LogP contribution >= 0.6 is 0 Å². The third kappa shape index (κ3) is 3.72. The van der Waals surface area contributed by atoms with Crippen LogP contribution in [0.25, 0.3) is 0 Å². The van der Waals surface area contributed by atoms with E-state index in [2.05, 4.69) is 6.92 Å². The van der Waals surface area contributed by atoms with Crippen LogP contribution in [0.1, 0.15) is 49.3 Å². The molecule has 0 spiro atoms. The number of carbonyl (C=O) groups excluding carboxylic acids is 1. The first-order chi connectivity index (χ1) is 9.04. The largest absolute Gasteiger partial charge is 0.496 e. The van der Waals surface area contributed by atoms with E-state index in [0.717, 1.165) is 35.3 Å². The highest BCUT2D eigenvalue weighted by atomic mass is 16.5. The summed E-state index contributed by atoms with van der Waals surface area (Å²) < 4.78 is 10.5. The van der Waals surface area contributed by atoms with Gasteiger partial charge in [0.2, 0.25) is 0 Å². The molecule has 106 valence electrons. The highest BCUT2D eigenvalue weighted by molar-refractivity contribution is 5.79. The van der Waals surface area contributed by atoms with Gasteiger partial charge in [0, 0.05) is 0 Å². The predicted molar refractivity (Wildman–Crippen MR) is 76.8 cm³/mol. The van der Waals surface area contributed by atoms with E-state index in [1.54, 1.807) is 7.11 Å². The summed E-state index contributed by atoms with van der Waals surface area (Å²) in [5.74, 6) is 0.562. The Morgan fingerprint density at radius 3 is 2.42 bits per heavy atom. The zero-order chi connectivity index (χ0) is 14.4. The molecule has 0 aliphatic heterocycles. The summed E-state index contributed by atoms with van der Waals surface area (Å²) >= 11 is 0. The van der Waals surface area contributed by atoms with E-state index < -0.39 is 0 Å². The summed E-state index contributed by atoms with van der Waals surface area (Å²) in [6.07, 6.45) is 1.76. The van der Waals surface area contributed by atoms with Crippen molar-refractivity contribution in [1.29, 1.82) is 0 Å². The second-order valence-electron chi connectivity index (χ2n) is 4.77. The summed E-state index contributed by atoms with van der Waals surface area (Å²) in [6, 6.07) is 4.04. The molecule has 0 amide bonds. The highest BCUT2D eigenvalue weighted by Gasteiger charge is 2.23. The van der Waals surface area contributed by atoms with Crippen LogP contribution in [0.2, 0.25) is 0 Å². The number of methoxy groups -OCH3 is 1. The first kappa shape index (κ1) is 15.5. The van der Waals surface area contributed by atoms with Crippen molar-refractivity contribution in [3.05, 3.63) is 28.8 Å².